The lowest BCUT2D eigenvalue weighted by molar-refractivity contribution is -0.116. The van der Waals surface area contributed by atoms with Gasteiger partial charge in [-0.2, -0.15) is 0 Å². The molecule has 0 aliphatic carbocycles. The lowest BCUT2D eigenvalue weighted by atomic mass is 10.1. The smallest absolute Gasteiger partial charge is 0.130 e. The van der Waals surface area contributed by atoms with Crippen molar-refractivity contribution in [2.24, 2.45) is 0 Å². The van der Waals surface area contributed by atoms with E-state index in [0.717, 1.165) is 25.0 Å². The molecule has 0 N–H and O–H groups in total. The number of Topliss-reactive ketones (excluding diaryl/α,β-unsaturated/α-hetero) is 1. The van der Waals surface area contributed by atoms with Crippen molar-refractivity contribution >= 4 is 5.78 Å². The number of rotatable bonds is 12. The SMILES string of the molecule is C=CCC(CCCCCC)Oc1ccc(CCC(C)=O)cc1. The molecular formula is C20H30O2. The molecule has 122 valence electrons. The molecule has 2 nitrogen and oxygen atoms in total. The first-order valence-corrected chi connectivity index (χ1v) is 8.51. The molecule has 2 heteroatoms. The van der Waals surface area contributed by atoms with Crippen LogP contribution in [0.4, 0.5) is 0 Å². The number of aryl methyl sites for hydroxylation is 1. The third-order valence-electron chi connectivity index (χ3n) is 3.80. The van der Waals surface area contributed by atoms with Gasteiger partial charge in [0.25, 0.3) is 0 Å². The Labute approximate surface area is 135 Å². The van der Waals surface area contributed by atoms with Crippen molar-refractivity contribution < 1.29 is 9.53 Å². The molecule has 1 aromatic rings. The van der Waals surface area contributed by atoms with E-state index in [2.05, 4.69) is 25.6 Å². The molecule has 0 aliphatic rings. The van der Waals surface area contributed by atoms with Crippen LogP contribution in [0, 0.1) is 0 Å². The molecule has 0 aromatic heterocycles. The summed E-state index contributed by atoms with van der Waals surface area (Å²) in [6.45, 7) is 7.69. The molecule has 0 heterocycles. The number of carbonyl (C=O) groups excluding carboxylic acids is 1. The van der Waals surface area contributed by atoms with E-state index >= 15 is 0 Å². The standard InChI is InChI=1S/C20H30O2/c1-4-6-7-8-10-19(9-5-2)22-20-15-13-18(14-16-20)12-11-17(3)21/h5,13-16,19H,2,4,6-12H2,1,3H3. The number of ether oxygens (including phenoxy) is 1. The molecule has 0 spiro atoms. The molecule has 0 fully saturated rings. The van der Waals surface area contributed by atoms with Crippen molar-refractivity contribution in [1.82, 2.24) is 0 Å². The molecule has 1 rings (SSSR count). The molecule has 0 radical (unpaired) electrons. The first-order chi connectivity index (χ1) is 10.7. The minimum atomic E-state index is 0.220. The van der Waals surface area contributed by atoms with E-state index < -0.39 is 0 Å². The van der Waals surface area contributed by atoms with Crippen molar-refractivity contribution in [2.75, 3.05) is 0 Å². The number of carbonyl (C=O) groups is 1. The molecule has 22 heavy (non-hydrogen) atoms. The lowest BCUT2D eigenvalue weighted by Crippen LogP contribution is -2.15. The van der Waals surface area contributed by atoms with Gasteiger partial charge in [-0.15, -0.1) is 6.58 Å². The van der Waals surface area contributed by atoms with Gasteiger partial charge in [-0.3, -0.25) is 0 Å². The van der Waals surface area contributed by atoms with E-state index in [1.807, 2.05) is 18.2 Å². The zero-order chi connectivity index (χ0) is 16.2. The second-order valence-electron chi connectivity index (χ2n) is 5.96. The highest BCUT2D eigenvalue weighted by atomic mass is 16.5. The van der Waals surface area contributed by atoms with Gasteiger partial charge in [0, 0.05) is 12.8 Å². The molecule has 1 aromatic carbocycles. The van der Waals surface area contributed by atoms with Crippen LogP contribution in [0.15, 0.2) is 36.9 Å². The topological polar surface area (TPSA) is 26.3 Å². The number of hydrogen-bond acceptors (Lipinski definition) is 2. The number of benzene rings is 1. The summed E-state index contributed by atoms with van der Waals surface area (Å²) in [5, 5.41) is 0. The van der Waals surface area contributed by atoms with E-state index in [9.17, 15) is 4.79 Å². The van der Waals surface area contributed by atoms with Crippen molar-refractivity contribution in [2.45, 2.75) is 71.3 Å². The third kappa shape index (κ3) is 8.02. The van der Waals surface area contributed by atoms with Gasteiger partial charge in [-0.25, -0.2) is 0 Å². The molecular weight excluding hydrogens is 272 g/mol. The van der Waals surface area contributed by atoms with Crippen molar-refractivity contribution in [1.29, 1.82) is 0 Å². The molecule has 1 atom stereocenters. The molecule has 0 amide bonds. The van der Waals surface area contributed by atoms with Crippen molar-refractivity contribution in [3.05, 3.63) is 42.5 Å². The molecule has 0 bridgehead atoms. The molecule has 0 saturated carbocycles. The average Bonchev–Trinajstić information content (AvgIpc) is 2.51. The summed E-state index contributed by atoms with van der Waals surface area (Å²) >= 11 is 0. The predicted molar refractivity (Wildman–Crippen MR) is 93.4 cm³/mol. The van der Waals surface area contributed by atoms with Crippen LogP contribution in [0.3, 0.4) is 0 Å². The molecule has 1 unspecified atom stereocenters. The Kier molecular flexibility index (Phi) is 9.29. The van der Waals surface area contributed by atoms with E-state index in [0.29, 0.717) is 6.42 Å². The van der Waals surface area contributed by atoms with Gasteiger partial charge in [0.15, 0.2) is 0 Å². The van der Waals surface area contributed by atoms with E-state index in [1.165, 1.54) is 31.2 Å². The Balaban J connectivity index is 2.46. The number of ketones is 1. The number of unbranched alkanes of at least 4 members (excludes halogenated alkanes) is 3. The van der Waals surface area contributed by atoms with Gasteiger partial charge >= 0.3 is 0 Å². The van der Waals surface area contributed by atoms with Gasteiger partial charge in [0.05, 0.1) is 0 Å². The second kappa shape index (κ2) is 11.1. The van der Waals surface area contributed by atoms with E-state index in [1.54, 1.807) is 6.92 Å². The highest BCUT2D eigenvalue weighted by Crippen LogP contribution is 2.19. The third-order valence-corrected chi connectivity index (χ3v) is 3.80. The lowest BCUT2D eigenvalue weighted by Gasteiger charge is -2.18. The Morgan fingerprint density at radius 2 is 1.95 bits per heavy atom. The first-order valence-electron chi connectivity index (χ1n) is 8.51. The van der Waals surface area contributed by atoms with Crippen LogP contribution >= 0.6 is 0 Å². The average molecular weight is 302 g/mol. The van der Waals surface area contributed by atoms with Gasteiger partial charge in [0.2, 0.25) is 0 Å². The summed E-state index contributed by atoms with van der Waals surface area (Å²) < 4.78 is 6.08. The Morgan fingerprint density at radius 3 is 2.55 bits per heavy atom. The largest absolute Gasteiger partial charge is 0.490 e. The fraction of sp³-hybridized carbons (Fsp3) is 0.550. The maximum Gasteiger partial charge on any atom is 0.130 e. The maximum absolute atomic E-state index is 11.0. The fourth-order valence-electron chi connectivity index (χ4n) is 2.46. The predicted octanol–water partition coefficient (Wildman–Crippen LogP) is 5.50. The molecule has 0 saturated heterocycles. The van der Waals surface area contributed by atoms with Crippen molar-refractivity contribution in [3.8, 4) is 5.75 Å². The van der Waals surface area contributed by atoms with Crippen LogP contribution in [0.25, 0.3) is 0 Å². The zero-order valence-corrected chi connectivity index (χ0v) is 14.1. The molecule has 0 aliphatic heterocycles. The number of hydrogen-bond donors (Lipinski definition) is 0. The Hall–Kier alpha value is -1.57. The normalized spacial score (nSPS) is 11.9. The highest BCUT2D eigenvalue weighted by molar-refractivity contribution is 5.75. The zero-order valence-electron chi connectivity index (χ0n) is 14.1. The van der Waals surface area contributed by atoms with E-state index in [4.69, 9.17) is 4.74 Å². The second-order valence-corrected chi connectivity index (χ2v) is 5.96. The van der Waals surface area contributed by atoms with Crippen LogP contribution in [-0.2, 0) is 11.2 Å². The summed E-state index contributed by atoms with van der Waals surface area (Å²) in [5.74, 6) is 1.15. The van der Waals surface area contributed by atoms with Crippen LogP contribution in [0.1, 0.15) is 64.4 Å². The van der Waals surface area contributed by atoms with Crippen molar-refractivity contribution in [3.63, 3.8) is 0 Å². The van der Waals surface area contributed by atoms with Crippen LogP contribution < -0.4 is 4.74 Å². The van der Waals surface area contributed by atoms with E-state index in [-0.39, 0.29) is 11.9 Å². The van der Waals surface area contributed by atoms with Crippen LogP contribution in [0.2, 0.25) is 0 Å². The van der Waals surface area contributed by atoms with Gasteiger partial charge in [-0.1, -0.05) is 44.4 Å². The maximum atomic E-state index is 11.0. The monoisotopic (exact) mass is 302 g/mol. The van der Waals surface area contributed by atoms with Gasteiger partial charge in [0.1, 0.15) is 17.6 Å². The van der Waals surface area contributed by atoms with Gasteiger partial charge in [-0.05, 0) is 43.9 Å². The van der Waals surface area contributed by atoms with Crippen LogP contribution in [-0.4, -0.2) is 11.9 Å². The first kappa shape index (κ1) is 18.5. The summed E-state index contributed by atoms with van der Waals surface area (Å²) in [4.78, 5) is 11.0. The Morgan fingerprint density at radius 1 is 1.23 bits per heavy atom. The summed E-state index contributed by atoms with van der Waals surface area (Å²) in [7, 11) is 0. The Bertz CT molecular complexity index is 434. The minimum Gasteiger partial charge on any atom is -0.490 e. The van der Waals surface area contributed by atoms with Gasteiger partial charge < -0.3 is 9.53 Å². The summed E-state index contributed by atoms with van der Waals surface area (Å²) in [6, 6.07) is 8.13. The quantitative estimate of drug-likeness (QED) is 0.376. The van der Waals surface area contributed by atoms with Crippen LogP contribution in [0.5, 0.6) is 5.75 Å². The minimum absolute atomic E-state index is 0.220. The highest BCUT2D eigenvalue weighted by Gasteiger charge is 2.09. The fourth-order valence-corrected chi connectivity index (χ4v) is 2.46. The summed E-state index contributed by atoms with van der Waals surface area (Å²) in [6.07, 6.45) is 10.6. The summed E-state index contributed by atoms with van der Waals surface area (Å²) in [5.41, 5.74) is 1.19.